The van der Waals surface area contributed by atoms with Gasteiger partial charge in [-0.15, -0.1) is 0 Å². The fourth-order valence-corrected chi connectivity index (χ4v) is 3.66. The van der Waals surface area contributed by atoms with Crippen molar-refractivity contribution in [2.75, 3.05) is 0 Å². The van der Waals surface area contributed by atoms with E-state index in [1.54, 1.807) is 0 Å². The maximum atomic E-state index is 6.71. The molecule has 0 spiro atoms. The SMILES string of the molecule is CCC1CCCC(N)(Cc2c(Cl)c(C)nn2CC)CC1. The van der Waals surface area contributed by atoms with Crippen LogP contribution >= 0.6 is 11.6 Å². The Kier molecular flexibility index (Phi) is 5.14. The van der Waals surface area contributed by atoms with Gasteiger partial charge < -0.3 is 5.73 Å². The molecule has 0 radical (unpaired) electrons. The maximum Gasteiger partial charge on any atom is 0.0847 e. The van der Waals surface area contributed by atoms with E-state index >= 15 is 0 Å². The Labute approximate surface area is 127 Å². The Morgan fingerprint density at radius 1 is 1.35 bits per heavy atom. The average Bonchev–Trinajstić information content (AvgIpc) is 2.61. The van der Waals surface area contributed by atoms with Crippen molar-refractivity contribution in [2.45, 2.75) is 77.8 Å². The molecule has 2 atom stereocenters. The number of rotatable bonds is 4. The number of aromatic nitrogens is 2. The highest BCUT2D eigenvalue weighted by atomic mass is 35.5. The summed E-state index contributed by atoms with van der Waals surface area (Å²) in [7, 11) is 0. The second-order valence-electron chi connectivity index (χ2n) is 6.41. The van der Waals surface area contributed by atoms with Crippen molar-refractivity contribution in [3.05, 3.63) is 16.4 Å². The van der Waals surface area contributed by atoms with E-state index in [0.29, 0.717) is 0 Å². The van der Waals surface area contributed by atoms with Gasteiger partial charge in [-0.3, -0.25) is 4.68 Å². The summed E-state index contributed by atoms with van der Waals surface area (Å²) >= 11 is 6.43. The number of halogens is 1. The summed E-state index contributed by atoms with van der Waals surface area (Å²) in [6.07, 6.45) is 8.17. The number of aryl methyl sites for hydroxylation is 2. The van der Waals surface area contributed by atoms with Gasteiger partial charge in [0.05, 0.1) is 16.4 Å². The zero-order valence-corrected chi connectivity index (χ0v) is 13.8. The molecule has 0 bridgehead atoms. The molecule has 114 valence electrons. The first kappa shape index (κ1) is 15.8. The molecule has 1 aromatic heterocycles. The molecule has 1 fully saturated rings. The molecule has 2 unspecified atom stereocenters. The molecule has 1 saturated carbocycles. The Hall–Kier alpha value is -0.540. The predicted octanol–water partition coefficient (Wildman–Crippen LogP) is 4.10. The first-order valence-electron chi connectivity index (χ1n) is 7.99. The standard InChI is InChI=1S/C16H28ClN3/c1-4-13-7-6-9-16(18,10-8-13)11-14-15(17)12(3)19-20(14)5-2/h13H,4-11,18H2,1-3H3. The second kappa shape index (κ2) is 6.48. The van der Waals surface area contributed by atoms with E-state index in [4.69, 9.17) is 17.3 Å². The Bertz CT molecular complexity index is 455. The van der Waals surface area contributed by atoms with Gasteiger partial charge in [-0.25, -0.2) is 0 Å². The first-order valence-corrected chi connectivity index (χ1v) is 8.37. The van der Waals surface area contributed by atoms with Gasteiger partial charge in [0.15, 0.2) is 0 Å². The molecule has 0 amide bonds. The highest BCUT2D eigenvalue weighted by molar-refractivity contribution is 6.31. The molecule has 20 heavy (non-hydrogen) atoms. The molecule has 1 aliphatic rings. The summed E-state index contributed by atoms with van der Waals surface area (Å²) in [5, 5.41) is 5.32. The third kappa shape index (κ3) is 3.37. The fourth-order valence-electron chi connectivity index (χ4n) is 3.46. The summed E-state index contributed by atoms with van der Waals surface area (Å²) in [6.45, 7) is 7.23. The van der Waals surface area contributed by atoms with Crippen LogP contribution in [0.15, 0.2) is 0 Å². The van der Waals surface area contributed by atoms with Gasteiger partial charge in [0.25, 0.3) is 0 Å². The lowest BCUT2D eigenvalue weighted by atomic mass is 9.86. The van der Waals surface area contributed by atoms with Crippen molar-refractivity contribution in [1.82, 2.24) is 9.78 Å². The molecule has 4 heteroatoms. The lowest BCUT2D eigenvalue weighted by molar-refractivity contribution is 0.349. The minimum atomic E-state index is -0.104. The molecule has 2 N–H and O–H groups in total. The van der Waals surface area contributed by atoms with Gasteiger partial charge in [0, 0.05) is 18.5 Å². The Balaban J connectivity index is 2.16. The van der Waals surface area contributed by atoms with E-state index < -0.39 is 0 Å². The third-order valence-corrected chi connectivity index (χ3v) is 5.38. The summed E-state index contributed by atoms with van der Waals surface area (Å²) < 4.78 is 2.02. The van der Waals surface area contributed by atoms with Gasteiger partial charge in [-0.1, -0.05) is 37.8 Å². The van der Waals surface area contributed by atoms with E-state index in [9.17, 15) is 0 Å². The van der Waals surface area contributed by atoms with Gasteiger partial charge in [0.2, 0.25) is 0 Å². The molecule has 0 aliphatic heterocycles. The quantitative estimate of drug-likeness (QED) is 0.851. The third-order valence-electron chi connectivity index (χ3n) is 4.89. The highest BCUT2D eigenvalue weighted by Crippen LogP contribution is 2.34. The van der Waals surface area contributed by atoms with Crippen LogP contribution in [-0.2, 0) is 13.0 Å². The van der Waals surface area contributed by atoms with Crippen molar-refractivity contribution in [1.29, 1.82) is 0 Å². The summed E-state index contributed by atoms with van der Waals surface area (Å²) in [6, 6.07) is 0. The number of hydrogen-bond donors (Lipinski definition) is 1. The van der Waals surface area contributed by atoms with E-state index in [1.807, 2.05) is 11.6 Å². The van der Waals surface area contributed by atoms with Crippen LogP contribution < -0.4 is 5.73 Å². The molecule has 0 saturated heterocycles. The van der Waals surface area contributed by atoms with Crippen LogP contribution in [0.5, 0.6) is 0 Å². The summed E-state index contributed by atoms with van der Waals surface area (Å²) in [5.74, 6) is 0.855. The van der Waals surface area contributed by atoms with Crippen molar-refractivity contribution < 1.29 is 0 Å². The zero-order valence-electron chi connectivity index (χ0n) is 13.1. The predicted molar refractivity (Wildman–Crippen MR) is 85.1 cm³/mol. The van der Waals surface area contributed by atoms with Crippen LogP contribution in [0.1, 0.15) is 63.8 Å². The fraction of sp³-hybridized carbons (Fsp3) is 0.812. The van der Waals surface area contributed by atoms with Crippen molar-refractivity contribution >= 4 is 11.6 Å². The van der Waals surface area contributed by atoms with Crippen LogP contribution in [0.4, 0.5) is 0 Å². The molecular weight excluding hydrogens is 270 g/mol. The topological polar surface area (TPSA) is 43.8 Å². The lowest BCUT2D eigenvalue weighted by Gasteiger charge is -2.28. The number of hydrogen-bond acceptors (Lipinski definition) is 2. The zero-order chi connectivity index (χ0) is 14.8. The molecular formula is C16H28ClN3. The van der Waals surface area contributed by atoms with Gasteiger partial charge in [-0.2, -0.15) is 5.10 Å². The van der Waals surface area contributed by atoms with Crippen LogP contribution in [0.3, 0.4) is 0 Å². The monoisotopic (exact) mass is 297 g/mol. The molecule has 2 rings (SSSR count). The normalized spacial score (nSPS) is 27.6. The van der Waals surface area contributed by atoms with Gasteiger partial charge >= 0.3 is 0 Å². The largest absolute Gasteiger partial charge is 0.325 e. The van der Waals surface area contributed by atoms with Crippen molar-refractivity contribution in [3.63, 3.8) is 0 Å². The van der Waals surface area contributed by atoms with E-state index in [0.717, 1.165) is 48.1 Å². The van der Waals surface area contributed by atoms with Crippen LogP contribution in [0.2, 0.25) is 5.02 Å². The number of nitrogens with zero attached hydrogens (tertiary/aromatic N) is 2. The van der Waals surface area contributed by atoms with Crippen molar-refractivity contribution in [2.24, 2.45) is 11.7 Å². The minimum Gasteiger partial charge on any atom is -0.325 e. The van der Waals surface area contributed by atoms with Crippen molar-refractivity contribution in [3.8, 4) is 0 Å². The maximum absolute atomic E-state index is 6.71. The van der Waals surface area contributed by atoms with Crippen LogP contribution in [-0.4, -0.2) is 15.3 Å². The molecule has 3 nitrogen and oxygen atoms in total. The van der Waals surface area contributed by atoms with Gasteiger partial charge in [-0.05, 0) is 39.0 Å². The summed E-state index contributed by atoms with van der Waals surface area (Å²) in [5.41, 5.74) is 8.66. The highest BCUT2D eigenvalue weighted by Gasteiger charge is 2.31. The Morgan fingerprint density at radius 3 is 2.75 bits per heavy atom. The Morgan fingerprint density at radius 2 is 2.10 bits per heavy atom. The van der Waals surface area contributed by atoms with Crippen LogP contribution in [0.25, 0.3) is 0 Å². The van der Waals surface area contributed by atoms with E-state index in [2.05, 4.69) is 18.9 Å². The van der Waals surface area contributed by atoms with E-state index in [1.165, 1.54) is 25.7 Å². The minimum absolute atomic E-state index is 0.104. The smallest absolute Gasteiger partial charge is 0.0847 e. The molecule has 1 heterocycles. The average molecular weight is 298 g/mol. The van der Waals surface area contributed by atoms with Crippen LogP contribution in [0, 0.1) is 12.8 Å². The van der Waals surface area contributed by atoms with E-state index in [-0.39, 0.29) is 5.54 Å². The van der Waals surface area contributed by atoms with Gasteiger partial charge in [0.1, 0.15) is 0 Å². The molecule has 1 aromatic rings. The summed E-state index contributed by atoms with van der Waals surface area (Å²) in [4.78, 5) is 0. The lowest BCUT2D eigenvalue weighted by Crippen LogP contribution is -2.42. The molecule has 0 aromatic carbocycles. The number of nitrogens with two attached hydrogens (primary N) is 1. The second-order valence-corrected chi connectivity index (χ2v) is 6.78. The first-order chi connectivity index (χ1) is 9.49. The molecule has 1 aliphatic carbocycles.